The number of nitrogens with zero attached hydrogens (tertiary/aromatic N) is 1. The fourth-order valence-corrected chi connectivity index (χ4v) is 3.40. The van der Waals surface area contributed by atoms with E-state index < -0.39 is 6.04 Å². The van der Waals surface area contributed by atoms with Crippen molar-refractivity contribution in [3.05, 3.63) is 41.1 Å². The number of amides is 1. The zero-order valence-electron chi connectivity index (χ0n) is 17.9. The molecule has 0 unspecified atom stereocenters. The molecule has 0 saturated carbocycles. The maximum absolute atomic E-state index is 12.7. The monoisotopic (exact) mass is 417 g/mol. The van der Waals surface area contributed by atoms with Crippen LogP contribution in [-0.2, 0) is 14.3 Å². The quantitative estimate of drug-likeness (QED) is 0.373. The number of esters is 1. The van der Waals surface area contributed by atoms with Crippen LogP contribution in [0.25, 0.3) is 0 Å². The van der Waals surface area contributed by atoms with Gasteiger partial charge in [-0.25, -0.2) is 4.79 Å². The third kappa shape index (κ3) is 6.03. The number of thiocarbonyl (C=S) groups is 1. The van der Waals surface area contributed by atoms with Gasteiger partial charge in [-0.3, -0.25) is 4.79 Å². The molecule has 7 heteroatoms. The molecule has 1 atom stereocenters. The Hall–Kier alpha value is -2.41. The van der Waals surface area contributed by atoms with Crippen molar-refractivity contribution in [3.8, 4) is 0 Å². The van der Waals surface area contributed by atoms with Gasteiger partial charge in [0.2, 0.25) is 5.91 Å². The maximum atomic E-state index is 12.7. The maximum Gasteiger partial charge on any atom is 0.338 e. The lowest BCUT2D eigenvalue weighted by Gasteiger charge is -2.35. The number of carbonyl (C=O) groups is 2. The van der Waals surface area contributed by atoms with Crippen molar-refractivity contribution in [1.82, 2.24) is 10.2 Å². The van der Waals surface area contributed by atoms with Gasteiger partial charge in [-0.15, -0.1) is 0 Å². The molecule has 6 nitrogen and oxygen atoms in total. The number of carbonyl (C=O) groups excluding carboxylic acids is 2. The summed E-state index contributed by atoms with van der Waals surface area (Å²) >= 11 is 5.41. The summed E-state index contributed by atoms with van der Waals surface area (Å²) in [5, 5.41) is 6.69. The molecule has 0 fully saturated rings. The zero-order chi connectivity index (χ0) is 21.6. The van der Waals surface area contributed by atoms with E-state index in [1.165, 1.54) is 0 Å². The van der Waals surface area contributed by atoms with E-state index in [9.17, 15) is 9.59 Å². The van der Waals surface area contributed by atoms with Crippen LogP contribution in [0.5, 0.6) is 0 Å². The highest BCUT2D eigenvalue weighted by atomic mass is 32.1. The molecule has 2 N–H and O–H groups in total. The molecule has 1 aliphatic rings. The Bertz CT molecular complexity index is 787. The smallest absolute Gasteiger partial charge is 0.338 e. The molecule has 0 saturated heterocycles. The highest BCUT2D eigenvalue weighted by molar-refractivity contribution is 7.80. The van der Waals surface area contributed by atoms with Crippen LogP contribution in [0.4, 0.5) is 5.69 Å². The molecule has 0 radical (unpaired) electrons. The van der Waals surface area contributed by atoms with Gasteiger partial charge >= 0.3 is 5.97 Å². The highest BCUT2D eigenvalue weighted by Gasteiger charge is 2.33. The summed E-state index contributed by atoms with van der Waals surface area (Å²) in [5.74, 6) is -0.348. The van der Waals surface area contributed by atoms with Gasteiger partial charge < -0.3 is 20.3 Å². The summed E-state index contributed by atoms with van der Waals surface area (Å²) in [4.78, 5) is 26.5. The second-order valence-electron chi connectivity index (χ2n) is 7.52. The molecular weight excluding hydrogens is 386 g/mol. The molecular formula is C22H31N3O3S. The predicted molar refractivity (Wildman–Crippen MR) is 119 cm³/mol. The summed E-state index contributed by atoms with van der Waals surface area (Å²) in [6, 6.07) is 7.07. The van der Waals surface area contributed by atoms with Crippen LogP contribution in [0.15, 0.2) is 35.5 Å². The van der Waals surface area contributed by atoms with E-state index >= 15 is 0 Å². The lowest BCUT2D eigenvalue weighted by molar-refractivity contribution is -0.143. The van der Waals surface area contributed by atoms with E-state index in [4.69, 9.17) is 17.0 Å². The molecule has 1 heterocycles. The molecule has 0 aliphatic carbocycles. The summed E-state index contributed by atoms with van der Waals surface area (Å²) in [5.41, 5.74) is 2.90. The van der Waals surface area contributed by atoms with Crippen LogP contribution >= 0.6 is 12.2 Å². The number of hydrogen-bond donors (Lipinski definition) is 2. The molecule has 0 bridgehead atoms. The summed E-state index contributed by atoms with van der Waals surface area (Å²) in [6.45, 7) is 7.62. The highest BCUT2D eigenvalue weighted by Crippen LogP contribution is 2.31. The van der Waals surface area contributed by atoms with Gasteiger partial charge in [0.1, 0.15) is 0 Å². The van der Waals surface area contributed by atoms with Crippen LogP contribution in [0.2, 0.25) is 0 Å². The average Bonchev–Trinajstić information content (AvgIpc) is 2.66. The predicted octanol–water partition coefficient (Wildman–Crippen LogP) is 4.29. The molecule has 2 rings (SSSR count). The summed E-state index contributed by atoms with van der Waals surface area (Å²) < 4.78 is 5.45. The van der Waals surface area contributed by atoms with E-state index in [-0.39, 0.29) is 18.0 Å². The lowest BCUT2D eigenvalue weighted by atomic mass is 9.95. The van der Waals surface area contributed by atoms with Crippen molar-refractivity contribution < 1.29 is 14.3 Å². The van der Waals surface area contributed by atoms with Crippen molar-refractivity contribution in [2.75, 3.05) is 12.4 Å². The first-order valence-electron chi connectivity index (χ1n) is 10.1. The number of hydrogen-bond acceptors (Lipinski definition) is 4. The number of ether oxygens (including phenoxy) is 1. The molecule has 1 aromatic rings. The Morgan fingerprint density at radius 1 is 1.24 bits per heavy atom. The minimum absolute atomic E-state index is 0.0155. The second kappa shape index (κ2) is 10.4. The minimum Gasteiger partial charge on any atom is -0.459 e. The number of rotatable bonds is 8. The fourth-order valence-electron chi connectivity index (χ4n) is 3.15. The van der Waals surface area contributed by atoms with Crippen LogP contribution in [-0.4, -0.2) is 35.0 Å². The molecule has 158 valence electrons. The first-order valence-corrected chi connectivity index (χ1v) is 10.5. The van der Waals surface area contributed by atoms with Gasteiger partial charge in [0, 0.05) is 24.9 Å². The molecule has 29 heavy (non-hydrogen) atoms. The zero-order valence-corrected chi connectivity index (χ0v) is 18.7. The first kappa shape index (κ1) is 22.9. The van der Waals surface area contributed by atoms with Gasteiger partial charge in [0.25, 0.3) is 0 Å². The van der Waals surface area contributed by atoms with Crippen LogP contribution in [0, 0.1) is 0 Å². The van der Waals surface area contributed by atoms with Gasteiger partial charge in [0.15, 0.2) is 5.11 Å². The Labute approximate surface area is 178 Å². The largest absolute Gasteiger partial charge is 0.459 e. The van der Waals surface area contributed by atoms with Gasteiger partial charge in [-0.2, -0.15) is 0 Å². The lowest BCUT2D eigenvalue weighted by Crippen LogP contribution is -2.46. The standard InChI is InChI=1S/C22H31N3O3S/c1-6-7-8-9-18(26)23-17-12-10-16(11-13-17)20-19(21(27)28-14(2)3)15(4)25(5)22(29)24-20/h10-14,20H,6-9H2,1-5H3,(H,23,26)(H,24,29)/t20-/m0/s1. The number of anilines is 1. The Balaban J connectivity index is 2.21. The van der Waals surface area contributed by atoms with Crippen LogP contribution < -0.4 is 10.6 Å². The second-order valence-corrected chi connectivity index (χ2v) is 7.91. The third-order valence-electron chi connectivity index (χ3n) is 4.85. The molecule has 1 aromatic carbocycles. The van der Waals surface area contributed by atoms with Gasteiger partial charge in [-0.1, -0.05) is 31.9 Å². The van der Waals surface area contributed by atoms with Gasteiger partial charge in [0.05, 0.1) is 17.7 Å². The molecule has 1 amide bonds. The van der Waals surface area contributed by atoms with E-state index in [1.54, 1.807) is 4.90 Å². The first-order chi connectivity index (χ1) is 13.7. The molecule has 1 aliphatic heterocycles. The van der Waals surface area contributed by atoms with E-state index in [1.807, 2.05) is 52.1 Å². The number of allylic oxidation sites excluding steroid dienone is 1. The number of nitrogens with one attached hydrogen (secondary N) is 2. The Kier molecular flexibility index (Phi) is 8.20. The van der Waals surface area contributed by atoms with Crippen molar-refractivity contribution >= 4 is 34.9 Å². The van der Waals surface area contributed by atoms with Crippen molar-refractivity contribution in [2.24, 2.45) is 0 Å². The molecule has 0 aromatic heterocycles. The average molecular weight is 418 g/mol. The van der Waals surface area contributed by atoms with Crippen LogP contribution in [0.1, 0.15) is 65.0 Å². The minimum atomic E-state index is -0.403. The van der Waals surface area contributed by atoms with Crippen molar-refractivity contribution in [1.29, 1.82) is 0 Å². The number of benzene rings is 1. The molecule has 0 spiro atoms. The topological polar surface area (TPSA) is 70.7 Å². The van der Waals surface area contributed by atoms with Crippen molar-refractivity contribution in [3.63, 3.8) is 0 Å². The summed E-state index contributed by atoms with van der Waals surface area (Å²) in [6.07, 6.45) is 3.33. The van der Waals surface area contributed by atoms with Crippen molar-refractivity contribution in [2.45, 2.75) is 65.5 Å². The van der Waals surface area contributed by atoms with Gasteiger partial charge in [-0.05, 0) is 57.1 Å². The Morgan fingerprint density at radius 3 is 2.48 bits per heavy atom. The Morgan fingerprint density at radius 2 is 1.90 bits per heavy atom. The number of unbranched alkanes of at least 4 members (excludes halogenated alkanes) is 2. The third-order valence-corrected chi connectivity index (χ3v) is 5.24. The fraction of sp³-hybridized carbons (Fsp3) is 0.500. The normalized spacial score (nSPS) is 16.7. The summed E-state index contributed by atoms with van der Waals surface area (Å²) in [7, 11) is 1.82. The van der Waals surface area contributed by atoms with Crippen LogP contribution in [0.3, 0.4) is 0 Å². The van der Waals surface area contributed by atoms with E-state index in [2.05, 4.69) is 17.6 Å². The van der Waals surface area contributed by atoms with E-state index in [0.29, 0.717) is 17.1 Å². The SMILES string of the molecule is CCCCCC(=O)Nc1ccc([C@@H]2NC(=S)N(C)C(C)=C2C(=O)OC(C)C)cc1. The van der Waals surface area contributed by atoms with E-state index in [0.717, 1.165) is 36.2 Å².